The number of amides is 1. The minimum absolute atomic E-state index is 0.124. The first kappa shape index (κ1) is 15.8. The molecule has 0 spiro atoms. The lowest BCUT2D eigenvalue weighted by molar-refractivity contribution is -0.133. The Hall–Kier alpha value is -1.55. The fourth-order valence-electron chi connectivity index (χ4n) is 2.85. The molecule has 1 aromatic rings. The molecule has 1 heterocycles. The largest absolute Gasteiger partial charge is 0.496 e. The summed E-state index contributed by atoms with van der Waals surface area (Å²) in [5, 5.41) is 3.51. The molecule has 4 heteroatoms. The zero-order valence-corrected chi connectivity index (χ0v) is 13.6. The van der Waals surface area contributed by atoms with Gasteiger partial charge in [-0.05, 0) is 25.3 Å². The van der Waals surface area contributed by atoms with Crippen LogP contribution < -0.4 is 10.1 Å². The molecule has 0 aromatic heterocycles. The standard InChI is InChI=1S/C17H26N2O2/c1-6-17(4)16(20)19(11-12(2)3)15(18-17)13-9-7-8-10-14(13)21-5/h7-10,12,15,18H,6,11H2,1-5H3. The van der Waals surface area contributed by atoms with E-state index in [-0.39, 0.29) is 12.1 Å². The van der Waals surface area contributed by atoms with Crippen molar-refractivity contribution in [3.8, 4) is 5.75 Å². The van der Waals surface area contributed by atoms with Crippen LogP contribution in [0.1, 0.15) is 45.8 Å². The van der Waals surface area contributed by atoms with E-state index in [2.05, 4.69) is 19.2 Å². The Kier molecular flexibility index (Phi) is 4.57. The van der Waals surface area contributed by atoms with E-state index in [1.165, 1.54) is 0 Å². The van der Waals surface area contributed by atoms with Crippen LogP contribution in [0, 0.1) is 5.92 Å². The molecule has 0 radical (unpaired) electrons. The summed E-state index contributed by atoms with van der Waals surface area (Å²) in [6, 6.07) is 7.90. The van der Waals surface area contributed by atoms with Gasteiger partial charge in [0.1, 0.15) is 11.9 Å². The molecule has 4 nitrogen and oxygen atoms in total. The van der Waals surface area contributed by atoms with Gasteiger partial charge < -0.3 is 9.64 Å². The molecule has 1 aliphatic rings. The van der Waals surface area contributed by atoms with Crippen LogP contribution in [0.3, 0.4) is 0 Å². The number of methoxy groups -OCH3 is 1. The van der Waals surface area contributed by atoms with E-state index in [0.29, 0.717) is 5.92 Å². The number of ether oxygens (including phenoxy) is 1. The van der Waals surface area contributed by atoms with Crippen LogP contribution in [0.5, 0.6) is 5.75 Å². The van der Waals surface area contributed by atoms with Gasteiger partial charge in [0.05, 0.1) is 12.6 Å². The van der Waals surface area contributed by atoms with Crippen LogP contribution >= 0.6 is 0 Å². The number of carbonyl (C=O) groups is 1. The van der Waals surface area contributed by atoms with Gasteiger partial charge in [0, 0.05) is 12.1 Å². The molecule has 2 rings (SSSR count). The maximum absolute atomic E-state index is 12.8. The third-order valence-corrected chi connectivity index (χ3v) is 4.20. The zero-order chi connectivity index (χ0) is 15.6. The molecular formula is C17H26N2O2. The Morgan fingerprint density at radius 2 is 2.05 bits per heavy atom. The van der Waals surface area contributed by atoms with Gasteiger partial charge in [0.15, 0.2) is 0 Å². The summed E-state index contributed by atoms with van der Waals surface area (Å²) in [4.78, 5) is 14.8. The molecule has 116 valence electrons. The third kappa shape index (κ3) is 2.91. The minimum Gasteiger partial charge on any atom is -0.496 e. The summed E-state index contributed by atoms with van der Waals surface area (Å²) in [7, 11) is 1.67. The van der Waals surface area contributed by atoms with Crippen LogP contribution in [0.4, 0.5) is 0 Å². The van der Waals surface area contributed by atoms with Gasteiger partial charge >= 0.3 is 0 Å². The number of hydrogen-bond donors (Lipinski definition) is 1. The molecule has 21 heavy (non-hydrogen) atoms. The smallest absolute Gasteiger partial charge is 0.244 e. The average Bonchev–Trinajstić information content (AvgIpc) is 2.72. The van der Waals surface area contributed by atoms with E-state index in [9.17, 15) is 4.79 Å². The first-order valence-electron chi connectivity index (χ1n) is 7.64. The molecule has 1 aromatic carbocycles. The third-order valence-electron chi connectivity index (χ3n) is 4.20. The molecule has 0 aliphatic carbocycles. The number of rotatable bonds is 5. The Morgan fingerprint density at radius 3 is 2.62 bits per heavy atom. The van der Waals surface area contributed by atoms with Crippen molar-refractivity contribution >= 4 is 5.91 Å². The van der Waals surface area contributed by atoms with E-state index in [0.717, 1.165) is 24.3 Å². The second-order valence-electron chi connectivity index (χ2n) is 6.33. The van der Waals surface area contributed by atoms with E-state index in [4.69, 9.17) is 4.74 Å². The summed E-state index contributed by atoms with van der Waals surface area (Å²) >= 11 is 0. The van der Waals surface area contributed by atoms with Crippen molar-refractivity contribution in [3.05, 3.63) is 29.8 Å². The summed E-state index contributed by atoms with van der Waals surface area (Å²) in [6.07, 6.45) is 0.646. The van der Waals surface area contributed by atoms with Gasteiger partial charge in [-0.15, -0.1) is 0 Å². The van der Waals surface area contributed by atoms with E-state index < -0.39 is 5.54 Å². The fourth-order valence-corrected chi connectivity index (χ4v) is 2.85. The average molecular weight is 290 g/mol. The van der Waals surface area contributed by atoms with Crippen molar-refractivity contribution in [1.82, 2.24) is 10.2 Å². The normalized spacial score (nSPS) is 25.7. The SMILES string of the molecule is CCC1(C)NC(c2ccccc2OC)N(CC(C)C)C1=O. The molecule has 0 saturated carbocycles. The van der Waals surface area contributed by atoms with Gasteiger partial charge in [0.25, 0.3) is 0 Å². The molecule has 1 N–H and O–H groups in total. The number of nitrogens with one attached hydrogen (secondary N) is 1. The monoisotopic (exact) mass is 290 g/mol. The molecule has 1 amide bonds. The molecule has 1 saturated heterocycles. The van der Waals surface area contributed by atoms with Crippen LogP contribution in [-0.2, 0) is 4.79 Å². The Labute approximate surface area is 127 Å². The van der Waals surface area contributed by atoms with Crippen molar-refractivity contribution in [2.24, 2.45) is 5.92 Å². The maximum atomic E-state index is 12.8. The van der Waals surface area contributed by atoms with Gasteiger partial charge in [0.2, 0.25) is 5.91 Å². The lowest BCUT2D eigenvalue weighted by Gasteiger charge is -2.27. The number of benzene rings is 1. The Balaban J connectivity index is 2.42. The second kappa shape index (κ2) is 6.06. The van der Waals surface area contributed by atoms with Crippen LogP contribution in [0.25, 0.3) is 0 Å². The summed E-state index contributed by atoms with van der Waals surface area (Å²) < 4.78 is 5.47. The summed E-state index contributed by atoms with van der Waals surface area (Å²) in [6.45, 7) is 9.04. The number of para-hydroxylation sites is 1. The highest BCUT2D eigenvalue weighted by atomic mass is 16.5. The van der Waals surface area contributed by atoms with Crippen molar-refractivity contribution in [2.45, 2.75) is 45.8 Å². The minimum atomic E-state index is -0.500. The van der Waals surface area contributed by atoms with Crippen molar-refractivity contribution in [1.29, 1.82) is 0 Å². The first-order valence-corrected chi connectivity index (χ1v) is 7.64. The number of hydrogen-bond acceptors (Lipinski definition) is 3. The molecule has 1 fully saturated rings. The first-order chi connectivity index (χ1) is 9.92. The molecule has 2 atom stereocenters. The van der Waals surface area contributed by atoms with Crippen LogP contribution in [-0.4, -0.2) is 30.0 Å². The zero-order valence-electron chi connectivity index (χ0n) is 13.6. The van der Waals surface area contributed by atoms with Crippen LogP contribution in [0.2, 0.25) is 0 Å². The lowest BCUT2D eigenvalue weighted by Crippen LogP contribution is -2.43. The molecule has 2 unspecified atom stereocenters. The highest BCUT2D eigenvalue weighted by Crippen LogP contribution is 2.36. The maximum Gasteiger partial charge on any atom is 0.244 e. The molecular weight excluding hydrogens is 264 g/mol. The molecule has 1 aliphatic heterocycles. The topological polar surface area (TPSA) is 41.6 Å². The summed E-state index contributed by atoms with van der Waals surface area (Å²) in [5.74, 6) is 1.42. The highest BCUT2D eigenvalue weighted by Gasteiger charge is 2.47. The van der Waals surface area contributed by atoms with Crippen molar-refractivity contribution < 1.29 is 9.53 Å². The van der Waals surface area contributed by atoms with E-state index in [1.54, 1.807) is 7.11 Å². The Morgan fingerprint density at radius 1 is 1.38 bits per heavy atom. The summed E-state index contributed by atoms with van der Waals surface area (Å²) in [5.41, 5.74) is 0.520. The molecule has 0 bridgehead atoms. The Bertz CT molecular complexity index is 515. The van der Waals surface area contributed by atoms with Crippen molar-refractivity contribution in [2.75, 3.05) is 13.7 Å². The lowest BCUT2D eigenvalue weighted by atomic mass is 9.99. The van der Waals surface area contributed by atoms with Crippen molar-refractivity contribution in [3.63, 3.8) is 0 Å². The fraction of sp³-hybridized carbons (Fsp3) is 0.588. The van der Waals surface area contributed by atoms with Gasteiger partial charge in [-0.25, -0.2) is 0 Å². The van der Waals surface area contributed by atoms with Crippen LogP contribution in [0.15, 0.2) is 24.3 Å². The van der Waals surface area contributed by atoms with E-state index >= 15 is 0 Å². The quantitative estimate of drug-likeness (QED) is 0.906. The predicted octanol–water partition coefficient (Wildman–Crippen LogP) is 2.95. The van der Waals surface area contributed by atoms with Gasteiger partial charge in [-0.1, -0.05) is 39.0 Å². The number of nitrogens with zero attached hydrogens (tertiary/aromatic N) is 1. The van der Waals surface area contributed by atoms with E-state index in [1.807, 2.05) is 43.0 Å². The highest BCUT2D eigenvalue weighted by molar-refractivity contribution is 5.88. The second-order valence-corrected chi connectivity index (χ2v) is 6.33. The van der Waals surface area contributed by atoms with Gasteiger partial charge in [-0.2, -0.15) is 0 Å². The number of carbonyl (C=O) groups excluding carboxylic acids is 1. The van der Waals surface area contributed by atoms with Gasteiger partial charge in [-0.3, -0.25) is 10.1 Å². The predicted molar refractivity (Wildman–Crippen MR) is 84.1 cm³/mol.